The fraction of sp³-hybridized carbons (Fsp3) is 0.192. The van der Waals surface area contributed by atoms with E-state index in [0.29, 0.717) is 16.8 Å². The summed E-state index contributed by atoms with van der Waals surface area (Å²) < 4.78 is 36.6. The molecule has 1 atom stereocenters. The molecule has 0 saturated heterocycles. The third kappa shape index (κ3) is 5.32. The molecule has 0 aliphatic carbocycles. The zero-order valence-corrected chi connectivity index (χ0v) is 21.3. The van der Waals surface area contributed by atoms with Gasteiger partial charge in [-0.15, -0.1) is 0 Å². The van der Waals surface area contributed by atoms with Crippen LogP contribution in [0.2, 0.25) is 0 Å². The van der Waals surface area contributed by atoms with Crippen LogP contribution >= 0.6 is 0 Å². The maximum absolute atomic E-state index is 13.4. The van der Waals surface area contributed by atoms with Gasteiger partial charge < -0.3 is 10.1 Å². The van der Waals surface area contributed by atoms with Crippen molar-refractivity contribution in [1.82, 2.24) is 19.2 Å². The van der Waals surface area contributed by atoms with Crippen LogP contribution in [-0.4, -0.2) is 30.6 Å². The van der Waals surface area contributed by atoms with Crippen LogP contribution in [0.15, 0.2) is 87.3 Å². The fourth-order valence-corrected chi connectivity index (χ4v) is 5.17. The Bertz CT molecular complexity index is 1690. The van der Waals surface area contributed by atoms with E-state index in [-0.39, 0.29) is 16.8 Å². The number of methoxy groups -OCH3 is 1. The van der Waals surface area contributed by atoms with E-state index in [9.17, 15) is 22.8 Å². The van der Waals surface area contributed by atoms with Gasteiger partial charge in [0.2, 0.25) is 15.9 Å². The van der Waals surface area contributed by atoms with E-state index >= 15 is 0 Å². The molecule has 0 unspecified atom stereocenters. The van der Waals surface area contributed by atoms with E-state index < -0.39 is 33.2 Å². The number of aromatic nitrogens is 2. The smallest absolute Gasteiger partial charge is 0.330 e. The second kappa shape index (κ2) is 10.4. The van der Waals surface area contributed by atoms with Crippen LogP contribution in [0.25, 0.3) is 10.9 Å². The predicted octanol–water partition coefficient (Wildman–Crippen LogP) is 1.58. The summed E-state index contributed by atoms with van der Waals surface area (Å²) in [4.78, 5) is 37.9. The third-order valence-corrected chi connectivity index (χ3v) is 7.44. The highest BCUT2D eigenvalue weighted by Gasteiger charge is 2.28. The Morgan fingerprint density at radius 2 is 1.68 bits per heavy atom. The lowest BCUT2D eigenvalue weighted by molar-refractivity contribution is -0.123. The summed E-state index contributed by atoms with van der Waals surface area (Å²) in [5, 5.41) is 2.83. The standard InChI is InChI=1S/C26H26N4O6S/c1-29-22-13-12-20(15-21(22)25(32)30(2)26(29)33)37(34,35)28-23(18-9-5-4-6-10-18)24(31)27-16-17-8-7-11-19(14-17)36-3/h4-15,23,28H,16H2,1-3H3,(H,27,31)/t23-/m0/s1. The minimum Gasteiger partial charge on any atom is -0.497 e. The number of carbonyl (C=O) groups excluding carboxylic acids is 1. The SMILES string of the molecule is COc1cccc(CNC(=O)[C@@H](NS(=O)(=O)c2ccc3c(c2)c(=O)n(C)c(=O)n3C)c2ccccc2)c1. The van der Waals surface area contributed by atoms with E-state index in [4.69, 9.17) is 4.74 Å². The molecule has 0 spiro atoms. The van der Waals surface area contributed by atoms with Crippen LogP contribution in [0.3, 0.4) is 0 Å². The number of aryl methyl sites for hydroxylation is 1. The molecule has 0 aliphatic rings. The maximum Gasteiger partial charge on any atom is 0.330 e. The number of sulfonamides is 1. The van der Waals surface area contributed by atoms with Crippen LogP contribution in [0.1, 0.15) is 17.2 Å². The first-order valence-electron chi connectivity index (χ1n) is 11.3. The number of ether oxygens (including phenoxy) is 1. The average molecular weight is 523 g/mol. The fourth-order valence-electron chi connectivity index (χ4n) is 3.96. The van der Waals surface area contributed by atoms with Crippen molar-refractivity contribution in [3.63, 3.8) is 0 Å². The number of hydrogen-bond donors (Lipinski definition) is 2. The van der Waals surface area contributed by atoms with E-state index in [1.807, 2.05) is 6.07 Å². The number of nitrogens with one attached hydrogen (secondary N) is 2. The number of fused-ring (bicyclic) bond motifs is 1. The first kappa shape index (κ1) is 25.9. The highest BCUT2D eigenvalue weighted by Crippen LogP contribution is 2.21. The first-order valence-corrected chi connectivity index (χ1v) is 12.8. The van der Waals surface area contributed by atoms with Crippen LogP contribution in [0, 0.1) is 0 Å². The van der Waals surface area contributed by atoms with Crippen molar-refractivity contribution in [3.8, 4) is 5.75 Å². The summed E-state index contributed by atoms with van der Waals surface area (Å²) in [5.41, 5.74) is 0.364. The van der Waals surface area contributed by atoms with Crippen LogP contribution in [0.5, 0.6) is 5.75 Å². The molecule has 0 bridgehead atoms. The second-order valence-corrected chi connectivity index (χ2v) is 10.1. The summed E-state index contributed by atoms with van der Waals surface area (Å²) in [6.45, 7) is 0.154. The molecule has 4 rings (SSSR count). The number of benzene rings is 3. The maximum atomic E-state index is 13.4. The third-order valence-electron chi connectivity index (χ3n) is 6.02. The van der Waals surface area contributed by atoms with Crippen molar-refractivity contribution in [1.29, 1.82) is 0 Å². The van der Waals surface area contributed by atoms with Gasteiger partial charge in [-0.1, -0.05) is 42.5 Å². The highest BCUT2D eigenvalue weighted by atomic mass is 32.2. The minimum atomic E-state index is -4.26. The van der Waals surface area contributed by atoms with Gasteiger partial charge >= 0.3 is 5.69 Å². The largest absolute Gasteiger partial charge is 0.497 e. The van der Waals surface area contributed by atoms with Gasteiger partial charge in [0.15, 0.2) is 0 Å². The topological polar surface area (TPSA) is 128 Å². The van der Waals surface area contributed by atoms with E-state index in [0.717, 1.165) is 10.1 Å². The molecule has 4 aromatic rings. The molecule has 1 heterocycles. The molecule has 1 amide bonds. The highest BCUT2D eigenvalue weighted by molar-refractivity contribution is 7.89. The lowest BCUT2D eigenvalue weighted by Gasteiger charge is -2.19. The molecule has 11 heteroatoms. The molecule has 0 fully saturated rings. The van der Waals surface area contributed by atoms with Gasteiger partial charge in [0.1, 0.15) is 11.8 Å². The van der Waals surface area contributed by atoms with Crippen molar-refractivity contribution in [2.75, 3.05) is 7.11 Å². The van der Waals surface area contributed by atoms with Gasteiger partial charge in [-0.05, 0) is 41.5 Å². The van der Waals surface area contributed by atoms with Gasteiger partial charge in [0, 0.05) is 20.6 Å². The molecule has 10 nitrogen and oxygen atoms in total. The van der Waals surface area contributed by atoms with Crippen LogP contribution in [-0.2, 0) is 35.5 Å². The van der Waals surface area contributed by atoms with Gasteiger partial charge in [0.25, 0.3) is 5.56 Å². The minimum absolute atomic E-state index is 0.0613. The average Bonchev–Trinajstić information content (AvgIpc) is 2.92. The molecule has 3 aromatic carbocycles. The first-order chi connectivity index (χ1) is 17.6. The number of hydrogen-bond acceptors (Lipinski definition) is 6. The van der Waals surface area contributed by atoms with Gasteiger partial charge in [0.05, 0.1) is 22.9 Å². The van der Waals surface area contributed by atoms with Crippen molar-refractivity contribution >= 4 is 26.8 Å². The lowest BCUT2D eigenvalue weighted by atomic mass is 10.1. The van der Waals surface area contributed by atoms with Crippen molar-refractivity contribution in [2.24, 2.45) is 14.1 Å². The lowest BCUT2D eigenvalue weighted by Crippen LogP contribution is -2.40. The van der Waals surface area contributed by atoms with Crippen molar-refractivity contribution in [2.45, 2.75) is 17.5 Å². The van der Waals surface area contributed by atoms with Crippen molar-refractivity contribution in [3.05, 3.63) is 105 Å². The molecular weight excluding hydrogens is 496 g/mol. The summed E-state index contributed by atoms with van der Waals surface area (Å²) in [6.07, 6.45) is 0. The normalized spacial score (nSPS) is 12.3. The summed E-state index contributed by atoms with van der Waals surface area (Å²) in [5.74, 6) is 0.0729. The number of nitrogens with zero attached hydrogens (tertiary/aromatic N) is 2. The number of amides is 1. The molecule has 0 aliphatic heterocycles. The Labute approximate surface area is 213 Å². The molecule has 2 N–H and O–H groups in total. The molecule has 37 heavy (non-hydrogen) atoms. The van der Waals surface area contributed by atoms with Crippen molar-refractivity contribution < 1.29 is 17.9 Å². The van der Waals surface area contributed by atoms with E-state index in [1.165, 1.54) is 36.9 Å². The van der Waals surface area contributed by atoms with Gasteiger partial charge in [-0.2, -0.15) is 4.72 Å². The Morgan fingerprint density at radius 1 is 0.946 bits per heavy atom. The Kier molecular flexibility index (Phi) is 7.28. The predicted molar refractivity (Wildman–Crippen MR) is 139 cm³/mol. The molecule has 0 saturated carbocycles. The number of rotatable bonds is 8. The molecule has 0 radical (unpaired) electrons. The summed E-state index contributed by atoms with van der Waals surface area (Å²) in [7, 11) is 0.101. The monoisotopic (exact) mass is 522 g/mol. The summed E-state index contributed by atoms with van der Waals surface area (Å²) >= 11 is 0. The van der Waals surface area contributed by atoms with Gasteiger partial charge in [-0.25, -0.2) is 13.2 Å². The molecular formula is C26H26N4O6S. The molecule has 1 aromatic heterocycles. The quantitative estimate of drug-likeness (QED) is 0.362. The number of carbonyl (C=O) groups is 1. The Balaban J connectivity index is 1.67. The summed E-state index contributed by atoms with van der Waals surface area (Å²) in [6, 6.07) is 18.2. The van der Waals surface area contributed by atoms with Gasteiger partial charge in [-0.3, -0.25) is 18.7 Å². The molecule has 192 valence electrons. The van der Waals surface area contributed by atoms with Crippen LogP contribution in [0.4, 0.5) is 0 Å². The van der Waals surface area contributed by atoms with E-state index in [1.54, 1.807) is 55.6 Å². The van der Waals surface area contributed by atoms with E-state index in [2.05, 4.69) is 10.0 Å². The van der Waals surface area contributed by atoms with Crippen LogP contribution < -0.4 is 26.0 Å². The second-order valence-electron chi connectivity index (χ2n) is 8.42. The Hall–Kier alpha value is -4.22. The Morgan fingerprint density at radius 3 is 2.38 bits per heavy atom. The zero-order chi connectivity index (χ0) is 26.7. The zero-order valence-electron chi connectivity index (χ0n) is 20.5.